The van der Waals surface area contributed by atoms with E-state index >= 15 is 4.79 Å². The van der Waals surface area contributed by atoms with Crippen LogP contribution in [0.2, 0.25) is 5.02 Å². The maximum absolute atomic E-state index is 15.2. The zero-order valence-electron chi connectivity index (χ0n) is 25.4. The predicted octanol–water partition coefficient (Wildman–Crippen LogP) is 3.99. The molecule has 5 bridgehead atoms. The normalized spacial score (nSPS) is 31.3. The zero-order chi connectivity index (χ0) is 32.7. The lowest BCUT2D eigenvalue weighted by Crippen LogP contribution is -2.57. The highest BCUT2D eigenvalue weighted by molar-refractivity contribution is 9.11. The lowest BCUT2D eigenvalue weighted by atomic mass is 9.74. The number of para-hydroxylation sites is 1. The molecule has 2 aromatic carbocycles. The highest BCUT2D eigenvalue weighted by atomic mass is 79.9. The number of ether oxygens (including phenoxy) is 2. The topological polar surface area (TPSA) is 125 Å². The molecule has 4 heterocycles. The van der Waals surface area contributed by atoms with Gasteiger partial charge in [-0.3, -0.25) is 19.2 Å². The molecule has 242 valence electrons. The Bertz CT molecular complexity index is 1600. The number of rotatable bonds is 4. The Morgan fingerprint density at radius 1 is 1.09 bits per heavy atom. The van der Waals surface area contributed by atoms with E-state index in [1.54, 1.807) is 55.5 Å². The number of hydrogen-bond acceptors (Lipinski definition) is 7. The van der Waals surface area contributed by atoms with Crippen LogP contribution in [0.5, 0.6) is 0 Å². The van der Waals surface area contributed by atoms with Gasteiger partial charge < -0.3 is 29.7 Å². The van der Waals surface area contributed by atoms with Crippen molar-refractivity contribution < 1.29 is 33.8 Å². The first-order valence-electron chi connectivity index (χ1n) is 15.3. The third-order valence-corrected chi connectivity index (χ3v) is 10.2. The Morgan fingerprint density at radius 2 is 1.85 bits per heavy atom. The van der Waals surface area contributed by atoms with Crippen LogP contribution in [0.25, 0.3) is 0 Å². The maximum Gasteiger partial charge on any atom is 0.313 e. The number of likely N-dealkylation sites (tertiary alicyclic amines) is 1. The fraction of sp³-hybridized carbons (Fsp3) is 0.412. The van der Waals surface area contributed by atoms with Crippen LogP contribution in [0.1, 0.15) is 36.9 Å². The number of nitrogens with one attached hydrogen (secondary N) is 1. The second-order valence-corrected chi connectivity index (χ2v) is 13.4. The molecule has 2 N–H and O–H groups in total. The molecule has 4 aliphatic rings. The smallest absolute Gasteiger partial charge is 0.313 e. The summed E-state index contributed by atoms with van der Waals surface area (Å²) < 4.78 is 12.9. The number of halogens is 2. The van der Waals surface area contributed by atoms with E-state index in [1.165, 1.54) is 9.80 Å². The number of carbonyl (C=O) groups is 4. The van der Waals surface area contributed by atoms with E-state index in [-0.39, 0.29) is 25.4 Å². The number of allylic oxidation sites excluding steroid dienone is 1. The van der Waals surface area contributed by atoms with Gasteiger partial charge in [-0.1, -0.05) is 82.1 Å². The summed E-state index contributed by atoms with van der Waals surface area (Å²) >= 11 is 10.3. The zero-order valence-corrected chi connectivity index (χ0v) is 27.7. The Labute approximate surface area is 280 Å². The van der Waals surface area contributed by atoms with Crippen LogP contribution >= 0.6 is 27.5 Å². The molecule has 0 saturated carbocycles. The van der Waals surface area contributed by atoms with Gasteiger partial charge >= 0.3 is 5.97 Å². The molecule has 3 amide bonds. The number of aliphatic hydroxyl groups is 1. The first kappa shape index (κ1) is 32.4. The summed E-state index contributed by atoms with van der Waals surface area (Å²) in [4.78, 5) is 59.1. The van der Waals surface area contributed by atoms with E-state index in [1.807, 2.05) is 25.1 Å². The molecule has 12 heteroatoms. The summed E-state index contributed by atoms with van der Waals surface area (Å²) in [6, 6.07) is 12.1. The monoisotopic (exact) mass is 711 g/mol. The van der Waals surface area contributed by atoms with E-state index in [0.717, 1.165) is 5.56 Å². The minimum Gasteiger partial charge on any atom is -0.460 e. The second-order valence-electron chi connectivity index (χ2n) is 12.1. The summed E-state index contributed by atoms with van der Waals surface area (Å²) in [6.45, 7) is 3.20. The van der Waals surface area contributed by atoms with Crippen molar-refractivity contribution in [2.45, 2.75) is 56.6 Å². The number of amides is 3. The first-order chi connectivity index (χ1) is 22.1. The minimum absolute atomic E-state index is 0.0796. The summed E-state index contributed by atoms with van der Waals surface area (Å²) in [5, 5.41) is 13.9. The van der Waals surface area contributed by atoms with Gasteiger partial charge in [-0.25, -0.2) is 0 Å². The van der Waals surface area contributed by atoms with Gasteiger partial charge in [0.15, 0.2) is 0 Å². The molecule has 7 atom stereocenters. The number of esters is 1. The Hall–Kier alpha value is -3.51. The van der Waals surface area contributed by atoms with Crippen LogP contribution in [0, 0.1) is 18.8 Å². The number of aliphatic hydroxyl groups excluding tert-OH is 1. The third kappa shape index (κ3) is 5.46. The first-order valence-corrected chi connectivity index (χ1v) is 16.5. The van der Waals surface area contributed by atoms with Crippen molar-refractivity contribution in [3.05, 3.63) is 87.4 Å². The molecule has 0 radical (unpaired) electrons. The van der Waals surface area contributed by atoms with Gasteiger partial charge in [-0.15, -0.1) is 0 Å². The highest BCUT2D eigenvalue weighted by Gasteiger charge is 2.75. The summed E-state index contributed by atoms with van der Waals surface area (Å²) in [5.74, 6) is -4.06. The molecule has 2 aromatic rings. The van der Waals surface area contributed by atoms with Crippen molar-refractivity contribution in [1.82, 2.24) is 10.2 Å². The Kier molecular flexibility index (Phi) is 9.13. The largest absolute Gasteiger partial charge is 0.460 e. The van der Waals surface area contributed by atoms with E-state index in [2.05, 4.69) is 21.2 Å². The number of aryl methyl sites for hydroxylation is 1. The number of hydrogen-bond donors (Lipinski definition) is 2. The lowest BCUT2D eigenvalue weighted by molar-refractivity contribution is -0.159. The van der Waals surface area contributed by atoms with Crippen LogP contribution in [0.15, 0.2) is 71.2 Å². The standard InChI is InChI=1S/C34H35BrClN3O7/c1-19-10-9-13-23(36)28(19)38-15-8-4-7-14-25(41)37-17-20(2)45-33(44)26-27-31(42)39(24(18-40)21-11-5-3-6-12-21)30(32(38)43)34(27)16-22(35)29(26)46-34/h3-6,8-13,16,20,24,26-27,29-30,40H,7,14-15,17-18H2,1-2H3,(H,37,41)/b8-4-/t20-,24-,26+,27-,29+,30+,34-/m1/s1. The molecule has 0 aliphatic carbocycles. The molecule has 10 nitrogen and oxygen atoms in total. The van der Waals surface area contributed by atoms with Gasteiger partial charge in [0.05, 0.1) is 35.8 Å². The van der Waals surface area contributed by atoms with Crippen LogP contribution in [-0.4, -0.2) is 77.2 Å². The van der Waals surface area contributed by atoms with Crippen molar-refractivity contribution >= 4 is 56.9 Å². The number of benzene rings is 2. The van der Waals surface area contributed by atoms with E-state index in [4.69, 9.17) is 21.1 Å². The van der Waals surface area contributed by atoms with Crippen molar-refractivity contribution in [1.29, 1.82) is 0 Å². The van der Waals surface area contributed by atoms with Gasteiger partial charge in [-0.05, 0) is 43.5 Å². The molecular weight excluding hydrogens is 678 g/mol. The minimum atomic E-state index is -1.55. The molecule has 4 aliphatic heterocycles. The van der Waals surface area contributed by atoms with E-state index < -0.39 is 66.1 Å². The second kappa shape index (κ2) is 12.9. The molecule has 6 rings (SSSR count). The van der Waals surface area contributed by atoms with E-state index in [9.17, 15) is 19.5 Å². The van der Waals surface area contributed by atoms with Gasteiger partial charge in [-0.2, -0.15) is 0 Å². The number of anilines is 1. The molecule has 46 heavy (non-hydrogen) atoms. The molecule has 0 aromatic heterocycles. The predicted molar refractivity (Wildman–Crippen MR) is 174 cm³/mol. The molecule has 0 unspecified atom stereocenters. The van der Waals surface area contributed by atoms with Crippen molar-refractivity contribution in [2.24, 2.45) is 11.8 Å². The fourth-order valence-electron chi connectivity index (χ4n) is 7.15. The van der Waals surface area contributed by atoms with Crippen LogP contribution in [-0.2, 0) is 28.7 Å². The lowest BCUT2D eigenvalue weighted by Gasteiger charge is -2.39. The number of fused-ring (bicyclic) bond motifs is 2. The average molecular weight is 713 g/mol. The van der Waals surface area contributed by atoms with Gasteiger partial charge in [0.25, 0.3) is 5.91 Å². The van der Waals surface area contributed by atoms with Gasteiger partial charge in [0.2, 0.25) is 11.8 Å². The quantitative estimate of drug-likeness (QED) is 0.363. The Balaban J connectivity index is 1.54. The number of nitrogens with zero attached hydrogens (tertiary/aromatic N) is 2. The average Bonchev–Trinajstić information content (AvgIpc) is 3.62. The van der Waals surface area contributed by atoms with Crippen molar-refractivity contribution in [3.8, 4) is 0 Å². The SMILES string of the molecule is Cc1cccc(Cl)c1N1C/C=C\CCC(=O)NC[C@@H](C)OC(=O)[C@@H]2[C@H]3O[C@@]4(C=C3Br)[C@H](C1=O)N([C@H](CO)c1ccccc1)C(=O)[C@@H]24. The van der Waals surface area contributed by atoms with E-state index in [0.29, 0.717) is 27.2 Å². The van der Waals surface area contributed by atoms with Crippen LogP contribution in [0.4, 0.5) is 5.69 Å². The molecule has 2 fully saturated rings. The Morgan fingerprint density at radius 3 is 2.57 bits per heavy atom. The number of carbonyl (C=O) groups excluding carboxylic acids is 4. The van der Waals surface area contributed by atoms with Gasteiger partial charge in [0.1, 0.15) is 29.8 Å². The highest BCUT2D eigenvalue weighted by Crippen LogP contribution is 2.60. The van der Waals surface area contributed by atoms with Crippen LogP contribution < -0.4 is 10.2 Å². The van der Waals surface area contributed by atoms with Gasteiger partial charge in [0, 0.05) is 17.4 Å². The maximum atomic E-state index is 15.2. The van der Waals surface area contributed by atoms with Crippen molar-refractivity contribution in [3.63, 3.8) is 0 Å². The molecule has 2 saturated heterocycles. The third-order valence-electron chi connectivity index (χ3n) is 9.18. The fourth-order valence-corrected chi connectivity index (χ4v) is 8.21. The summed E-state index contributed by atoms with van der Waals surface area (Å²) in [6.07, 6.45) is 4.40. The van der Waals surface area contributed by atoms with Crippen molar-refractivity contribution in [2.75, 3.05) is 24.6 Å². The summed E-state index contributed by atoms with van der Waals surface area (Å²) in [7, 11) is 0. The van der Waals surface area contributed by atoms with Crippen LogP contribution in [0.3, 0.4) is 0 Å². The molecule has 1 spiro atoms. The molecular formula is C34H35BrClN3O7. The summed E-state index contributed by atoms with van der Waals surface area (Å²) in [5.41, 5.74) is 0.264. The number of cyclic esters (lactones) is 1.